The van der Waals surface area contributed by atoms with Crippen molar-refractivity contribution in [2.75, 3.05) is 26.4 Å². The van der Waals surface area contributed by atoms with Crippen LogP contribution < -0.4 is 5.32 Å². The lowest BCUT2D eigenvalue weighted by Crippen LogP contribution is -2.50. The molecule has 3 rings (SSSR count). The number of amides is 1. The highest BCUT2D eigenvalue weighted by atomic mass is 16.5. The van der Waals surface area contributed by atoms with Gasteiger partial charge in [-0.25, -0.2) is 0 Å². The maximum atomic E-state index is 12.9. The van der Waals surface area contributed by atoms with E-state index in [1.54, 1.807) is 0 Å². The average Bonchev–Trinajstić information content (AvgIpc) is 2.66. The van der Waals surface area contributed by atoms with Crippen LogP contribution in [-0.2, 0) is 26.3 Å². The first-order valence-electron chi connectivity index (χ1n) is 9.24. The van der Waals surface area contributed by atoms with Gasteiger partial charge in [0.25, 0.3) is 0 Å². The topological polar surface area (TPSA) is 47.6 Å². The van der Waals surface area contributed by atoms with Crippen LogP contribution in [0.5, 0.6) is 0 Å². The second-order valence-electron chi connectivity index (χ2n) is 7.03. The van der Waals surface area contributed by atoms with E-state index in [0.717, 1.165) is 32.1 Å². The van der Waals surface area contributed by atoms with Crippen LogP contribution in [0.15, 0.2) is 24.3 Å². The summed E-state index contributed by atoms with van der Waals surface area (Å²) in [6.07, 6.45) is 4.28. The predicted molar refractivity (Wildman–Crippen MR) is 93.9 cm³/mol. The molecule has 1 N–H and O–H groups in total. The molecule has 0 spiro atoms. The summed E-state index contributed by atoms with van der Waals surface area (Å²) in [5.74, 6) is 0.160. The Morgan fingerprint density at radius 3 is 2.58 bits per heavy atom. The summed E-state index contributed by atoms with van der Waals surface area (Å²) in [7, 11) is 0. The number of hydrogen-bond acceptors (Lipinski definition) is 3. The van der Waals surface area contributed by atoms with Gasteiger partial charge in [-0.05, 0) is 43.2 Å². The summed E-state index contributed by atoms with van der Waals surface area (Å²) < 4.78 is 11.7. The first-order valence-corrected chi connectivity index (χ1v) is 9.24. The summed E-state index contributed by atoms with van der Waals surface area (Å²) in [4.78, 5) is 12.9. The Balaban J connectivity index is 1.76. The second-order valence-corrected chi connectivity index (χ2v) is 7.03. The molecule has 0 saturated carbocycles. The van der Waals surface area contributed by atoms with E-state index in [4.69, 9.17) is 9.47 Å². The van der Waals surface area contributed by atoms with Gasteiger partial charge in [0.15, 0.2) is 0 Å². The van der Waals surface area contributed by atoms with Crippen molar-refractivity contribution in [3.63, 3.8) is 0 Å². The number of ether oxygens (including phenoxy) is 2. The van der Waals surface area contributed by atoms with Crippen LogP contribution in [0.2, 0.25) is 0 Å². The SMILES string of the molecule is CCC1(C(=O)NCC2(CC)OCCc3ccccc32)CCOCC1. The van der Waals surface area contributed by atoms with Crippen molar-refractivity contribution in [3.05, 3.63) is 35.4 Å². The Bertz CT molecular complexity index is 580. The van der Waals surface area contributed by atoms with E-state index in [1.165, 1.54) is 11.1 Å². The monoisotopic (exact) mass is 331 g/mol. The molecule has 0 bridgehead atoms. The van der Waals surface area contributed by atoms with Crippen LogP contribution in [0, 0.1) is 5.41 Å². The molecule has 1 aromatic carbocycles. The highest BCUT2D eigenvalue weighted by Crippen LogP contribution is 2.37. The number of carbonyl (C=O) groups is 1. The van der Waals surface area contributed by atoms with E-state index >= 15 is 0 Å². The third-order valence-corrected chi connectivity index (χ3v) is 5.97. The molecule has 24 heavy (non-hydrogen) atoms. The van der Waals surface area contributed by atoms with Crippen molar-refractivity contribution in [1.29, 1.82) is 0 Å². The van der Waals surface area contributed by atoms with Gasteiger partial charge >= 0.3 is 0 Å². The lowest BCUT2D eigenvalue weighted by atomic mass is 9.76. The van der Waals surface area contributed by atoms with Crippen LogP contribution in [0.25, 0.3) is 0 Å². The molecule has 4 nitrogen and oxygen atoms in total. The summed E-state index contributed by atoms with van der Waals surface area (Å²) in [6.45, 7) is 6.86. The van der Waals surface area contributed by atoms with Crippen molar-refractivity contribution in [2.24, 2.45) is 5.41 Å². The maximum absolute atomic E-state index is 12.9. The van der Waals surface area contributed by atoms with E-state index in [1.807, 2.05) is 0 Å². The van der Waals surface area contributed by atoms with Crippen molar-refractivity contribution < 1.29 is 14.3 Å². The van der Waals surface area contributed by atoms with Gasteiger partial charge in [-0.2, -0.15) is 0 Å². The van der Waals surface area contributed by atoms with E-state index in [9.17, 15) is 4.79 Å². The van der Waals surface area contributed by atoms with Gasteiger partial charge in [-0.15, -0.1) is 0 Å². The van der Waals surface area contributed by atoms with Crippen molar-refractivity contribution >= 4 is 5.91 Å². The average molecular weight is 331 g/mol. The van der Waals surface area contributed by atoms with Crippen LogP contribution in [-0.4, -0.2) is 32.3 Å². The highest BCUT2D eigenvalue weighted by molar-refractivity contribution is 5.82. The zero-order chi connectivity index (χ0) is 17.0. The smallest absolute Gasteiger partial charge is 0.226 e. The van der Waals surface area contributed by atoms with E-state index in [-0.39, 0.29) is 11.3 Å². The number of carbonyl (C=O) groups excluding carboxylic acids is 1. The van der Waals surface area contributed by atoms with Crippen LogP contribution in [0.4, 0.5) is 0 Å². The summed E-state index contributed by atoms with van der Waals surface area (Å²) in [5, 5.41) is 3.23. The van der Waals surface area contributed by atoms with Crippen molar-refractivity contribution in [1.82, 2.24) is 5.32 Å². The van der Waals surface area contributed by atoms with Gasteiger partial charge in [-0.1, -0.05) is 38.1 Å². The Hall–Kier alpha value is -1.39. The number of nitrogens with one attached hydrogen (secondary N) is 1. The fourth-order valence-electron chi connectivity index (χ4n) is 4.09. The fraction of sp³-hybridized carbons (Fsp3) is 0.650. The molecule has 2 aliphatic rings. The van der Waals surface area contributed by atoms with Gasteiger partial charge in [0, 0.05) is 13.2 Å². The molecule has 1 unspecified atom stereocenters. The molecular weight excluding hydrogens is 302 g/mol. The summed E-state index contributed by atoms with van der Waals surface area (Å²) in [5.41, 5.74) is 1.90. The molecule has 0 aromatic heterocycles. The van der Waals surface area contributed by atoms with Gasteiger partial charge in [-0.3, -0.25) is 4.79 Å². The molecule has 2 aliphatic heterocycles. The lowest BCUT2D eigenvalue weighted by molar-refractivity contribution is -0.139. The summed E-state index contributed by atoms with van der Waals surface area (Å²) >= 11 is 0. The Morgan fingerprint density at radius 2 is 1.88 bits per heavy atom. The van der Waals surface area contributed by atoms with Gasteiger partial charge < -0.3 is 14.8 Å². The molecule has 2 heterocycles. The normalized spacial score (nSPS) is 25.8. The molecule has 1 aromatic rings. The van der Waals surface area contributed by atoms with Gasteiger partial charge in [0.05, 0.1) is 18.6 Å². The first-order chi connectivity index (χ1) is 11.7. The van der Waals surface area contributed by atoms with E-state index < -0.39 is 5.60 Å². The number of rotatable bonds is 5. The fourth-order valence-corrected chi connectivity index (χ4v) is 4.09. The molecule has 1 atom stereocenters. The first kappa shape index (κ1) is 17.4. The van der Waals surface area contributed by atoms with E-state index in [2.05, 4.69) is 43.4 Å². The molecule has 1 amide bonds. The minimum atomic E-state index is -0.398. The molecule has 1 saturated heterocycles. The van der Waals surface area contributed by atoms with E-state index in [0.29, 0.717) is 26.4 Å². The minimum absolute atomic E-state index is 0.160. The van der Waals surface area contributed by atoms with Crippen LogP contribution >= 0.6 is 0 Å². The standard InChI is InChI=1S/C20H29NO3/c1-3-19(10-13-23-14-11-19)18(22)21-15-20(4-2)17-8-6-5-7-16(17)9-12-24-20/h5-8H,3-4,9-15H2,1-2H3,(H,21,22). The third-order valence-electron chi connectivity index (χ3n) is 5.97. The Labute approximate surface area is 144 Å². The molecular formula is C20H29NO3. The number of benzene rings is 1. The van der Waals surface area contributed by atoms with Crippen molar-refractivity contribution in [3.8, 4) is 0 Å². The quantitative estimate of drug-likeness (QED) is 0.901. The largest absolute Gasteiger partial charge is 0.381 e. The molecule has 0 radical (unpaired) electrons. The maximum Gasteiger partial charge on any atom is 0.226 e. The third kappa shape index (κ3) is 3.09. The second kappa shape index (κ2) is 7.24. The lowest BCUT2D eigenvalue weighted by Gasteiger charge is -2.40. The number of fused-ring (bicyclic) bond motifs is 1. The van der Waals surface area contributed by atoms with Crippen molar-refractivity contribution in [2.45, 2.75) is 51.6 Å². The molecule has 1 fully saturated rings. The van der Waals surface area contributed by atoms with Gasteiger partial charge in [0.1, 0.15) is 5.60 Å². The number of hydrogen-bond donors (Lipinski definition) is 1. The summed E-state index contributed by atoms with van der Waals surface area (Å²) in [6, 6.07) is 8.47. The van der Waals surface area contributed by atoms with Crippen LogP contribution in [0.3, 0.4) is 0 Å². The predicted octanol–water partition coefficient (Wildman–Crippen LogP) is 3.19. The minimum Gasteiger partial charge on any atom is -0.381 e. The Morgan fingerprint density at radius 1 is 1.12 bits per heavy atom. The Kier molecular flexibility index (Phi) is 5.26. The zero-order valence-electron chi connectivity index (χ0n) is 14.9. The van der Waals surface area contributed by atoms with Crippen LogP contribution in [0.1, 0.15) is 50.7 Å². The molecule has 4 heteroatoms. The molecule has 132 valence electrons. The van der Waals surface area contributed by atoms with Gasteiger partial charge in [0.2, 0.25) is 5.91 Å². The molecule has 0 aliphatic carbocycles. The zero-order valence-corrected chi connectivity index (χ0v) is 14.9. The highest BCUT2D eigenvalue weighted by Gasteiger charge is 2.41.